The third-order valence-corrected chi connectivity index (χ3v) is 5.90. The first-order valence-electron chi connectivity index (χ1n) is 5.11. The molecule has 14 heavy (non-hydrogen) atoms. The summed E-state index contributed by atoms with van der Waals surface area (Å²) in [5, 5.41) is 10.6. The van der Waals surface area contributed by atoms with Gasteiger partial charge in [0.1, 0.15) is 0 Å². The van der Waals surface area contributed by atoms with E-state index in [2.05, 4.69) is 16.0 Å². The lowest BCUT2D eigenvalue weighted by atomic mass is 9.97. The maximum absolute atomic E-state index is 10.2. The molecule has 0 radical (unpaired) electrons. The van der Waals surface area contributed by atoms with Crippen molar-refractivity contribution >= 4 is 10.3 Å². The average molecular weight is 215 g/mol. The van der Waals surface area contributed by atoms with Gasteiger partial charge in [0.2, 0.25) is 0 Å². The van der Waals surface area contributed by atoms with Crippen LogP contribution in [0.5, 0.6) is 0 Å². The Balaban J connectivity index is 2.00. The van der Waals surface area contributed by atoms with Crippen LogP contribution in [0.25, 0.3) is 0 Å². The number of nitrogens with one attached hydrogen (secondary N) is 3. The van der Waals surface area contributed by atoms with E-state index in [1.165, 1.54) is 11.4 Å². The van der Waals surface area contributed by atoms with Crippen LogP contribution < -0.4 is 16.0 Å². The topological polar surface area (TPSA) is 56.3 Å². The van der Waals surface area contributed by atoms with Gasteiger partial charge >= 0.3 is 0 Å². The highest BCUT2D eigenvalue weighted by Crippen LogP contribution is 2.55. The maximum atomic E-state index is 10.2. The molecule has 2 saturated heterocycles. The Morgan fingerprint density at radius 2 is 2.14 bits per heavy atom. The fourth-order valence-electron chi connectivity index (χ4n) is 2.70. The van der Waals surface area contributed by atoms with Crippen molar-refractivity contribution in [1.82, 2.24) is 16.0 Å². The lowest BCUT2D eigenvalue weighted by molar-refractivity contribution is 0.541. The van der Waals surface area contributed by atoms with Crippen molar-refractivity contribution in [3.63, 3.8) is 0 Å². The summed E-state index contributed by atoms with van der Waals surface area (Å²) in [5.41, 5.74) is 2.60. The molecule has 3 atom stereocenters. The molecule has 2 heterocycles. The number of hydrogen-bond acceptors (Lipinski definition) is 4. The fraction of sp³-hybridized carbons (Fsp3) is 0.778. The third-order valence-electron chi connectivity index (χ3n) is 3.47. The Morgan fingerprint density at radius 3 is 3.00 bits per heavy atom. The Hall–Kier alpha value is -0.390. The molecule has 80 valence electrons. The molecule has 2 fully saturated rings. The van der Waals surface area contributed by atoms with Gasteiger partial charge in [-0.25, -0.2) is 0 Å². The van der Waals surface area contributed by atoms with Crippen molar-refractivity contribution in [1.29, 1.82) is 0 Å². The van der Waals surface area contributed by atoms with E-state index in [0.717, 1.165) is 25.4 Å². The summed E-state index contributed by atoms with van der Waals surface area (Å²) in [7, 11) is -1.42. The molecule has 5 heteroatoms. The van der Waals surface area contributed by atoms with Gasteiger partial charge in [0.25, 0.3) is 0 Å². The molecule has 0 spiro atoms. The summed E-state index contributed by atoms with van der Waals surface area (Å²) in [4.78, 5) is 0. The van der Waals surface area contributed by atoms with Gasteiger partial charge in [-0.15, -0.1) is 10.3 Å². The van der Waals surface area contributed by atoms with E-state index in [-0.39, 0.29) is 0 Å². The second-order valence-corrected chi connectivity index (χ2v) is 7.51. The summed E-state index contributed by atoms with van der Waals surface area (Å²) < 4.78 is 10.2. The van der Waals surface area contributed by atoms with Gasteiger partial charge in [-0.3, -0.25) is 5.32 Å². The van der Waals surface area contributed by atoms with E-state index in [0.29, 0.717) is 11.3 Å². The predicted octanol–water partition coefficient (Wildman–Crippen LogP) is 0.347. The smallest absolute Gasteiger partial charge is 0.0664 e. The van der Waals surface area contributed by atoms with E-state index in [9.17, 15) is 4.55 Å². The molecule has 0 aromatic heterocycles. The van der Waals surface area contributed by atoms with E-state index >= 15 is 0 Å². The molecule has 3 aliphatic rings. The van der Waals surface area contributed by atoms with Crippen LogP contribution in [0.2, 0.25) is 0 Å². The lowest BCUT2D eigenvalue weighted by Crippen LogP contribution is -2.32. The van der Waals surface area contributed by atoms with Crippen LogP contribution in [0.3, 0.4) is 0 Å². The van der Waals surface area contributed by atoms with Gasteiger partial charge in [0, 0.05) is 11.4 Å². The Kier molecular flexibility index (Phi) is 1.78. The van der Waals surface area contributed by atoms with Crippen LogP contribution >= 0.6 is 10.3 Å². The zero-order chi connectivity index (χ0) is 9.76. The Bertz CT molecular complexity index is 302. The lowest BCUT2D eigenvalue weighted by Gasteiger charge is -2.33. The van der Waals surface area contributed by atoms with Gasteiger partial charge in [0.15, 0.2) is 0 Å². The minimum absolute atomic E-state index is 0.390. The molecule has 0 amide bonds. The van der Waals surface area contributed by atoms with Crippen molar-refractivity contribution in [2.24, 2.45) is 0 Å². The number of hydrogen-bond donors (Lipinski definition) is 4. The van der Waals surface area contributed by atoms with Crippen LogP contribution in [-0.2, 0) is 0 Å². The van der Waals surface area contributed by atoms with E-state index in [1.807, 2.05) is 6.26 Å². The molecule has 4 N–H and O–H groups in total. The quantitative estimate of drug-likeness (QED) is 0.471. The highest BCUT2D eigenvalue weighted by molar-refractivity contribution is 8.29. The number of fused-ring (bicyclic) bond motifs is 2. The molecule has 0 aromatic rings. The van der Waals surface area contributed by atoms with Gasteiger partial charge in [-0.1, -0.05) is 0 Å². The monoisotopic (exact) mass is 215 g/mol. The van der Waals surface area contributed by atoms with Gasteiger partial charge < -0.3 is 15.2 Å². The van der Waals surface area contributed by atoms with Gasteiger partial charge in [0.05, 0.1) is 23.8 Å². The minimum Gasteiger partial charge on any atom is -0.376 e. The molecule has 4 nitrogen and oxygen atoms in total. The Labute approximate surface area is 85.7 Å². The van der Waals surface area contributed by atoms with Crippen molar-refractivity contribution in [3.8, 4) is 0 Å². The molecule has 1 aliphatic carbocycles. The van der Waals surface area contributed by atoms with Crippen molar-refractivity contribution in [3.05, 3.63) is 11.4 Å². The third kappa shape index (κ3) is 1.09. The van der Waals surface area contributed by atoms with Crippen molar-refractivity contribution in [2.45, 2.75) is 24.1 Å². The highest BCUT2D eigenvalue weighted by Gasteiger charge is 2.43. The molecule has 0 aromatic carbocycles. The summed E-state index contributed by atoms with van der Waals surface area (Å²) in [6.07, 6.45) is 4.29. The van der Waals surface area contributed by atoms with Crippen LogP contribution in [0.4, 0.5) is 0 Å². The highest BCUT2D eigenvalue weighted by atomic mass is 32.3. The first kappa shape index (κ1) is 8.88. The molecule has 0 bridgehead atoms. The fourth-order valence-corrected chi connectivity index (χ4v) is 4.71. The average Bonchev–Trinajstić information content (AvgIpc) is 2.69. The summed E-state index contributed by atoms with van der Waals surface area (Å²) in [5.74, 6) is 0.769. The van der Waals surface area contributed by atoms with Crippen molar-refractivity contribution < 1.29 is 4.55 Å². The maximum Gasteiger partial charge on any atom is 0.0664 e. The second-order valence-electron chi connectivity index (χ2n) is 4.43. The molecule has 3 unspecified atom stereocenters. The number of rotatable bonds is 0. The first-order chi connectivity index (χ1) is 6.68. The second kappa shape index (κ2) is 2.81. The Morgan fingerprint density at radius 1 is 1.29 bits per heavy atom. The SMILES string of the molecule is CS1(O)CNC2=C3NCNC3CCC21. The zero-order valence-electron chi connectivity index (χ0n) is 8.34. The standard InChI is InChI=1S/C9H17N3OS/c1-14(13)5-12-9-7(14)3-2-6-8(9)11-4-10-6/h6-7,10-13H,2-5H2,1H3. The van der Waals surface area contributed by atoms with Crippen LogP contribution in [0.15, 0.2) is 11.4 Å². The summed E-state index contributed by atoms with van der Waals surface area (Å²) in [6.45, 7) is 0.870. The molecule has 3 rings (SSSR count). The normalized spacial score (nSPS) is 50.1. The van der Waals surface area contributed by atoms with Gasteiger partial charge in [-0.05, 0) is 19.1 Å². The largest absolute Gasteiger partial charge is 0.376 e. The zero-order valence-corrected chi connectivity index (χ0v) is 9.16. The first-order valence-corrected chi connectivity index (χ1v) is 7.34. The predicted molar refractivity (Wildman–Crippen MR) is 59.1 cm³/mol. The van der Waals surface area contributed by atoms with Gasteiger partial charge in [-0.2, -0.15) is 0 Å². The van der Waals surface area contributed by atoms with Crippen LogP contribution in [0.1, 0.15) is 12.8 Å². The van der Waals surface area contributed by atoms with Crippen LogP contribution in [-0.4, -0.2) is 34.6 Å². The van der Waals surface area contributed by atoms with E-state index in [4.69, 9.17) is 0 Å². The summed E-state index contributed by atoms with van der Waals surface area (Å²) >= 11 is 0. The minimum atomic E-state index is -1.42. The van der Waals surface area contributed by atoms with Crippen molar-refractivity contribution in [2.75, 3.05) is 18.8 Å². The van der Waals surface area contributed by atoms with E-state index in [1.54, 1.807) is 0 Å². The molecular formula is C9H17N3OS. The molecular weight excluding hydrogens is 198 g/mol. The van der Waals surface area contributed by atoms with E-state index < -0.39 is 10.3 Å². The molecule has 0 saturated carbocycles. The van der Waals surface area contributed by atoms with Crippen LogP contribution in [0, 0.1) is 0 Å². The molecule has 2 aliphatic heterocycles. The summed E-state index contributed by atoms with van der Waals surface area (Å²) in [6, 6.07) is 0.502.